The number of pyridine rings is 1. The lowest BCUT2D eigenvalue weighted by Gasteiger charge is -2.22. The number of anilines is 1. The lowest BCUT2D eigenvalue weighted by Crippen LogP contribution is -2.35. The van der Waals surface area contributed by atoms with E-state index in [1.54, 1.807) is 13.2 Å². The molecule has 5 nitrogen and oxygen atoms in total. The highest BCUT2D eigenvalue weighted by Gasteiger charge is 2.17. The number of amides is 1. The third-order valence-corrected chi connectivity index (χ3v) is 3.32. The van der Waals surface area contributed by atoms with Gasteiger partial charge in [-0.2, -0.15) is 0 Å². The molecular weight excluding hydrogens is 242 g/mol. The van der Waals surface area contributed by atoms with Gasteiger partial charge in [-0.05, 0) is 32.3 Å². The fraction of sp³-hybridized carbons (Fsp3) is 0.571. The minimum Gasteiger partial charge on any atom is -0.387 e. The lowest BCUT2D eigenvalue weighted by atomic mass is 10.1. The zero-order valence-electron chi connectivity index (χ0n) is 11.5. The van der Waals surface area contributed by atoms with Crippen LogP contribution in [0.3, 0.4) is 0 Å². The summed E-state index contributed by atoms with van der Waals surface area (Å²) in [5.41, 5.74) is 2.26. The van der Waals surface area contributed by atoms with E-state index in [2.05, 4.69) is 15.6 Å². The van der Waals surface area contributed by atoms with Gasteiger partial charge in [0.1, 0.15) is 0 Å². The number of rotatable bonds is 4. The molecule has 19 heavy (non-hydrogen) atoms. The van der Waals surface area contributed by atoms with Gasteiger partial charge in [0.05, 0.1) is 17.4 Å². The molecule has 5 heteroatoms. The normalized spacial score (nSPS) is 18.9. The maximum absolute atomic E-state index is 12.1. The molecule has 1 saturated heterocycles. The van der Waals surface area contributed by atoms with Gasteiger partial charge in [-0.1, -0.05) is 0 Å². The molecule has 1 atom stereocenters. The van der Waals surface area contributed by atoms with Crippen LogP contribution in [0.15, 0.2) is 12.3 Å². The molecule has 2 rings (SSSR count). The Balaban J connectivity index is 1.95. The number of hydrogen-bond donors (Lipinski definition) is 2. The highest BCUT2D eigenvalue weighted by Crippen LogP contribution is 2.15. The van der Waals surface area contributed by atoms with Crippen molar-refractivity contribution in [3.63, 3.8) is 0 Å². The van der Waals surface area contributed by atoms with Crippen molar-refractivity contribution in [1.29, 1.82) is 0 Å². The Kier molecular flexibility index (Phi) is 4.74. The van der Waals surface area contributed by atoms with E-state index in [-0.39, 0.29) is 12.0 Å². The molecule has 0 radical (unpaired) electrons. The molecule has 0 spiro atoms. The van der Waals surface area contributed by atoms with Crippen molar-refractivity contribution in [2.24, 2.45) is 0 Å². The van der Waals surface area contributed by atoms with Crippen LogP contribution < -0.4 is 10.6 Å². The van der Waals surface area contributed by atoms with Crippen molar-refractivity contribution in [2.75, 3.05) is 25.5 Å². The molecule has 1 aliphatic heterocycles. The Morgan fingerprint density at radius 2 is 2.37 bits per heavy atom. The van der Waals surface area contributed by atoms with Crippen molar-refractivity contribution in [1.82, 2.24) is 10.3 Å². The maximum Gasteiger partial charge on any atom is 0.255 e. The number of nitrogens with one attached hydrogen (secondary N) is 2. The van der Waals surface area contributed by atoms with E-state index >= 15 is 0 Å². The fourth-order valence-corrected chi connectivity index (χ4v) is 2.22. The van der Waals surface area contributed by atoms with E-state index in [1.165, 1.54) is 6.42 Å². The maximum atomic E-state index is 12.1. The van der Waals surface area contributed by atoms with Crippen LogP contribution in [0.5, 0.6) is 0 Å². The number of carbonyl (C=O) groups is 1. The second kappa shape index (κ2) is 6.52. The third-order valence-electron chi connectivity index (χ3n) is 3.32. The van der Waals surface area contributed by atoms with Crippen LogP contribution in [0.1, 0.15) is 35.3 Å². The number of ether oxygens (including phenoxy) is 1. The first kappa shape index (κ1) is 13.8. The average Bonchev–Trinajstić information content (AvgIpc) is 2.45. The smallest absolute Gasteiger partial charge is 0.255 e. The summed E-state index contributed by atoms with van der Waals surface area (Å²) >= 11 is 0. The molecule has 1 unspecified atom stereocenters. The van der Waals surface area contributed by atoms with Gasteiger partial charge in [-0.3, -0.25) is 9.78 Å². The topological polar surface area (TPSA) is 63.2 Å². The fourth-order valence-electron chi connectivity index (χ4n) is 2.22. The van der Waals surface area contributed by atoms with Gasteiger partial charge in [0.2, 0.25) is 0 Å². The molecule has 0 bridgehead atoms. The molecule has 2 N–H and O–H groups in total. The van der Waals surface area contributed by atoms with Gasteiger partial charge >= 0.3 is 0 Å². The zero-order chi connectivity index (χ0) is 13.7. The van der Waals surface area contributed by atoms with Crippen molar-refractivity contribution in [3.8, 4) is 0 Å². The lowest BCUT2D eigenvalue weighted by molar-refractivity contribution is 0.0169. The van der Waals surface area contributed by atoms with Crippen LogP contribution in [0.2, 0.25) is 0 Å². The molecule has 0 saturated carbocycles. The summed E-state index contributed by atoms with van der Waals surface area (Å²) in [6.45, 7) is 3.27. The van der Waals surface area contributed by atoms with Gasteiger partial charge in [-0.15, -0.1) is 0 Å². The first-order valence-electron chi connectivity index (χ1n) is 6.75. The minimum absolute atomic E-state index is 0.106. The number of aromatic nitrogens is 1. The minimum atomic E-state index is -0.106. The summed E-state index contributed by atoms with van der Waals surface area (Å²) in [4.78, 5) is 16.3. The van der Waals surface area contributed by atoms with Crippen LogP contribution >= 0.6 is 0 Å². The summed E-state index contributed by atoms with van der Waals surface area (Å²) in [5, 5.41) is 5.94. The molecule has 0 aliphatic carbocycles. The number of hydrogen-bond acceptors (Lipinski definition) is 4. The van der Waals surface area contributed by atoms with E-state index in [0.717, 1.165) is 30.8 Å². The van der Waals surface area contributed by atoms with Crippen molar-refractivity contribution < 1.29 is 9.53 Å². The highest BCUT2D eigenvalue weighted by molar-refractivity contribution is 5.99. The molecule has 104 valence electrons. The Bertz CT molecular complexity index is 442. The summed E-state index contributed by atoms with van der Waals surface area (Å²) in [7, 11) is 1.80. The molecular formula is C14H21N3O2. The van der Waals surface area contributed by atoms with Crippen LogP contribution in [0.4, 0.5) is 5.69 Å². The summed E-state index contributed by atoms with van der Waals surface area (Å²) in [5.74, 6) is -0.106. The standard InChI is InChI=1S/C14H21N3O2/c1-10-7-13(15-2)12(9-16-10)14(18)17-8-11-5-3-4-6-19-11/h7,9,11H,3-6,8H2,1-2H3,(H,15,16)(H,17,18). The van der Waals surface area contributed by atoms with Crippen LogP contribution in [0, 0.1) is 6.92 Å². The monoisotopic (exact) mass is 263 g/mol. The third kappa shape index (κ3) is 3.67. The molecule has 0 aromatic carbocycles. The molecule has 2 heterocycles. The van der Waals surface area contributed by atoms with Gasteiger partial charge < -0.3 is 15.4 Å². The first-order valence-corrected chi connectivity index (χ1v) is 6.75. The summed E-state index contributed by atoms with van der Waals surface area (Å²) in [6, 6.07) is 1.87. The van der Waals surface area contributed by atoms with E-state index in [9.17, 15) is 4.79 Å². The Labute approximate surface area is 113 Å². The van der Waals surface area contributed by atoms with Crippen molar-refractivity contribution in [2.45, 2.75) is 32.3 Å². The second-order valence-corrected chi connectivity index (χ2v) is 4.82. The second-order valence-electron chi connectivity index (χ2n) is 4.82. The molecule has 1 amide bonds. The predicted molar refractivity (Wildman–Crippen MR) is 74.4 cm³/mol. The van der Waals surface area contributed by atoms with Crippen molar-refractivity contribution in [3.05, 3.63) is 23.5 Å². The molecule has 1 aromatic heterocycles. The van der Waals surface area contributed by atoms with Gasteiger partial charge in [0.15, 0.2) is 0 Å². The number of aryl methyl sites for hydroxylation is 1. The Morgan fingerprint density at radius 1 is 1.53 bits per heavy atom. The Morgan fingerprint density at radius 3 is 3.05 bits per heavy atom. The highest BCUT2D eigenvalue weighted by atomic mass is 16.5. The van der Waals surface area contributed by atoms with Crippen molar-refractivity contribution >= 4 is 11.6 Å². The SMILES string of the molecule is CNc1cc(C)ncc1C(=O)NCC1CCCCO1. The largest absolute Gasteiger partial charge is 0.387 e. The van der Waals surface area contributed by atoms with Gasteiger partial charge in [-0.25, -0.2) is 0 Å². The van der Waals surface area contributed by atoms with Gasteiger partial charge in [0.25, 0.3) is 5.91 Å². The van der Waals surface area contributed by atoms with E-state index < -0.39 is 0 Å². The van der Waals surface area contributed by atoms with Crippen LogP contribution in [-0.4, -0.2) is 37.2 Å². The van der Waals surface area contributed by atoms with Crippen LogP contribution in [0.25, 0.3) is 0 Å². The van der Waals surface area contributed by atoms with E-state index in [4.69, 9.17) is 4.74 Å². The van der Waals surface area contributed by atoms with Crippen LogP contribution in [-0.2, 0) is 4.74 Å². The number of carbonyl (C=O) groups excluding carboxylic acids is 1. The Hall–Kier alpha value is -1.62. The quantitative estimate of drug-likeness (QED) is 0.868. The number of nitrogens with zero attached hydrogens (tertiary/aromatic N) is 1. The van der Waals surface area contributed by atoms with E-state index in [1.807, 2.05) is 13.0 Å². The molecule has 1 aromatic rings. The average molecular weight is 263 g/mol. The molecule has 1 fully saturated rings. The van der Waals surface area contributed by atoms with E-state index in [0.29, 0.717) is 12.1 Å². The summed E-state index contributed by atoms with van der Waals surface area (Å²) in [6.07, 6.45) is 5.07. The molecule has 1 aliphatic rings. The summed E-state index contributed by atoms with van der Waals surface area (Å²) < 4.78 is 5.59. The zero-order valence-corrected chi connectivity index (χ0v) is 11.5. The first-order chi connectivity index (χ1) is 9.20. The predicted octanol–water partition coefficient (Wildman–Crippen LogP) is 1.73. The van der Waals surface area contributed by atoms with Gasteiger partial charge in [0, 0.05) is 32.1 Å².